The maximum atomic E-state index is 5.56. The second-order valence-electron chi connectivity index (χ2n) is 2.19. The molecule has 0 radical (unpaired) electrons. The first-order valence-corrected chi connectivity index (χ1v) is 2.89. The van der Waals surface area contributed by atoms with Crippen LogP contribution in [0.1, 0.15) is 5.69 Å². The third-order valence-electron chi connectivity index (χ3n) is 1.26. The first kappa shape index (κ1) is 6.14. The summed E-state index contributed by atoms with van der Waals surface area (Å²) in [6.07, 6.45) is 1.81. The average molecular weight is 120 g/mol. The number of aryl methyl sites for hydroxylation is 1. The Hall–Kier alpha value is -0.985. The highest BCUT2D eigenvalue weighted by Crippen LogP contribution is 2.00. The van der Waals surface area contributed by atoms with Gasteiger partial charge in [0.05, 0.1) is 11.4 Å². The van der Waals surface area contributed by atoms with E-state index in [1.54, 1.807) is 0 Å². The Morgan fingerprint density at radius 2 is 2.33 bits per heavy atom. The van der Waals surface area contributed by atoms with Crippen LogP contribution in [0.15, 0.2) is 12.3 Å². The summed E-state index contributed by atoms with van der Waals surface area (Å²) >= 11 is 0. The normalized spacial score (nSPS) is 9.44. The van der Waals surface area contributed by atoms with Crippen molar-refractivity contribution in [2.24, 2.45) is 0 Å². The van der Waals surface area contributed by atoms with Gasteiger partial charge in [-0.1, -0.05) is 5.46 Å². The first-order valence-electron chi connectivity index (χ1n) is 2.89. The Balaban J connectivity index is 3.17. The molecule has 0 bridgehead atoms. The van der Waals surface area contributed by atoms with Gasteiger partial charge in [0.2, 0.25) is 0 Å². The maximum absolute atomic E-state index is 5.56. The minimum absolute atomic E-state index is 0.773. The fraction of sp³-hybridized carbons (Fsp3) is 0.167. The van der Waals surface area contributed by atoms with Crippen molar-refractivity contribution in [3.8, 4) is 0 Å². The minimum Gasteiger partial charge on any atom is -0.397 e. The van der Waals surface area contributed by atoms with Crippen molar-refractivity contribution < 1.29 is 0 Å². The SMILES string of the molecule is Bc1cnc(C)c(N)c1. The summed E-state index contributed by atoms with van der Waals surface area (Å²) in [7, 11) is 1.98. The smallest absolute Gasteiger partial charge is 0.141 e. The van der Waals surface area contributed by atoms with Crippen molar-refractivity contribution in [2.45, 2.75) is 6.92 Å². The van der Waals surface area contributed by atoms with E-state index in [4.69, 9.17) is 5.73 Å². The molecule has 3 heteroatoms. The summed E-state index contributed by atoms with van der Waals surface area (Å²) in [4.78, 5) is 4.05. The predicted octanol–water partition coefficient (Wildman–Crippen LogP) is -0.769. The van der Waals surface area contributed by atoms with Crippen LogP contribution in [-0.4, -0.2) is 12.8 Å². The molecule has 0 saturated heterocycles. The summed E-state index contributed by atoms with van der Waals surface area (Å²) in [5.74, 6) is 0. The molecule has 0 aliphatic heterocycles. The van der Waals surface area contributed by atoms with Crippen LogP contribution >= 0.6 is 0 Å². The largest absolute Gasteiger partial charge is 0.397 e. The lowest BCUT2D eigenvalue weighted by Crippen LogP contribution is -2.06. The Bertz CT molecular complexity index is 222. The zero-order valence-corrected chi connectivity index (χ0v) is 5.68. The van der Waals surface area contributed by atoms with Gasteiger partial charge in [-0.15, -0.1) is 0 Å². The molecule has 46 valence electrons. The number of aromatic nitrogens is 1. The molecule has 1 aromatic heterocycles. The van der Waals surface area contributed by atoms with Gasteiger partial charge < -0.3 is 5.73 Å². The minimum atomic E-state index is 0.773. The Morgan fingerprint density at radius 3 is 2.78 bits per heavy atom. The highest BCUT2D eigenvalue weighted by Gasteiger charge is 1.91. The van der Waals surface area contributed by atoms with Gasteiger partial charge in [0.25, 0.3) is 0 Å². The third-order valence-corrected chi connectivity index (χ3v) is 1.26. The maximum Gasteiger partial charge on any atom is 0.141 e. The number of hydrogen-bond acceptors (Lipinski definition) is 2. The van der Waals surface area contributed by atoms with Crippen LogP contribution in [0.4, 0.5) is 5.69 Å². The van der Waals surface area contributed by atoms with Crippen molar-refractivity contribution in [1.82, 2.24) is 4.98 Å². The van der Waals surface area contributed by atoms with E-state index < -0.39 is 0 Å². The van der Waals surface area contributed by atoms with E-state index in [2.05, 4.69) is 4.98 Å². The topological polar surface area (TPSA) is 38.9 Å². The molecule has 0 saturated carbocycles. The molecule has 0 aliphatic rings. The lowest BCUT2D eigenvalue weighted by Gasteiger charge is -1.97. The van der Waals surface area contributed by atoms with Gasteiger partial charge in [-0.25, -0.2) is 0 Å². The lowest BCUT2D eigenvalue weighted by molar-refractivity contribution is 1.22. The van der Waals surface area contributed by atoms with Crippen LogP contribution in [0.2, 0.25) is 0 Å². The van der Waals surface area contributed by atoms with Gasteiger partial charge in [-0.3, -0.25) is 4.98 Å². The summed E-state index contributed by atoms with van der Waals surface area (Å²) in [5, 5.41) is 0. The fourth-order valence-corrected chi connectivity index (χ4v) is 0.660. The van der Waals surface area contributed by atoms with Crippen LogP contribution in [0.3, 0.4) is 0 Å². The molecule has 0 amide bonds. The lowest BCUT2D eigenvalue weighted by atomic mass is 9.98. The Kier molecular flexibility index (Phi) is 1.43. The first-order chi connectivity index (χ1) is 4.20. The molecule has 0 aliphatic carbocycles. The summed E-state index contributed by atoms with van der Waals surface area (Å²) in [6, 6.07) is 1.92. The standard InChI is InChI=1S/C6H9BN2/c1-4-6(8)2-5(7)3-9-4/h2-3H,7-8H2,1H3. The number of nitrogens with zero attached hydrogens (tertiary/aromatic N) is 1. The summed E-state index contributed by atoms with van der Waals surface area (Å²) < 4.78 is 0. The Labute approximate surface area is 55.5 Å². The summed E-state index contributed by atoms with van der Waals surface area (Å²) in [5.41, 5.74) is 8.34. The van der Waals surface area contributed by atoms with Crippen molar-refractivity contribution in [2.75, 3.05) is 5.73 Å². The zero-order valence-electron chi connectivity index (χ0n) is 5.68. The number of nitrogen functional groups attached to an aromatic ring is 1. The molecule has 2 N–H and O–H groups in total. The van der Waals surface area contributed by atoms with Gasteiger partial charge in [0.1, 0.15) is 7.85 Å². The molecule has 2 nitrogen and oxygen atoms in total. The molecule has 1 heterocycles. The second kappa shape index (κ2) is 2.09. The number of nitrogens with two attached hydrogens (primary N) is 1. The van der Waals surface area contributed by atoms with Gasteiger partial charge in [-0.05, 0) is 13.0 Å². The second-order valence-corrected chi connectivity index (χ2v) is 2.19. The van der Waals surface area contributed by atoms with Crippen molar-refractivity contribution in [3.63, 3.8) is 0 Å². The molecule has 1 rings (SSSR count). The van der Waals surface area contributed by atoms with Crippen LogP contribution < -0.4 is 11.2 Å². The highest BCUT2D eigenvalue weighted by molar-refractivity contribution is 6.32. The van der Waals surface area contributed by atoms with E-state index in [9.17, 15) is 0 Å². The van der Waals surface area contributed by atoms with Crippen molar-refractivity contribution in [3.05, 3.63) is 18.0 Å². The number of rotatable bonds is 0. The fourth-order valence-electron chi connectivity index (χ4n) is 0.660. The predicted molar refractivity (Wildman–Crippen MR) is 41.6 cm³/mol. The van der Waals surface area contributed by atoms with Gasteiger partial charge in [-0.2, -0.15) is 0 Å². The monoisotopic (exact) mass is 120 g/mol. The summed E-state index contributed by atoms with van der Waals surface area (Å²) in [6.45, 7) is 1.90. The van der Waals surface area contributed by atoms with E-state index >= 15 is 0 Å². The Morgan fingerprint density at radius 1 is 1.67 bits per heavy atom. The average Bonchev–Trinajstić information content (AvgIpc) is 1.80. The molecule has 0 unspecified atom stereocenters. The number of anilines is 1. The van der Waals surface area contributed by atoms with E-state index in [1.807, 2.05) is 27.0 Å². The molecular weight excluding hydrogens is 111 g/mol. The molecule has 0 aromatic carbocycles. The van der Waals surface area contributed by atoms with E-state index in [0.717, 1.165) is 16.8 Å². The van der Waals surface area contributed by atoms with Crippen LogP contribution in [0.25, 0.3) is 0 Å². The van der Waals surface area contributed by atoms with E-state index in [-0.39, 0.29) is 0 Å². The third kappa shape index (κ3) is 1.22. The molecule has 9 heavy (non-hydrogen) atoms. The molecule has 0 fully saturated rings. The van der Waals surface area contributed by atoms with Crippen molar-refractivity contribution in [1.29, 1.82) is 0 Å². The zero-order chi connectivity index (χ0) is 6.85. The van der Waals surface area contributed by atoms with Crippen LogP contribution in [-0.2, 0) is 0 Å². The van der Waals surface area contributed by atoms with Crippen LogP contribution in [0, 0.1) is 6.92 Å². The van der Waals surface area contributed by atoms with Gasteiger partial charge >= 0.3 is 0 Å². The van der Waals surface area contributed by atoms with Gasteiger partial charge in [0.15, 0.2) is 0 Å². The van der Waals surface area contributed by atoms with E-state index in [0.29, 0.717) is 0 Å². The molecular formula is C6H9BN2. The van der Waals surface area contributed by atoms with E-state index in [1.165, 1.54) is 0 Å². The van der Waals surface area contributed by atoms with Crippen molar-refractivity contribution >= 4 is 19.0 Å². The number of hydrogen-bond donors (Lipinski definition) is 1. The quantitative estimate of drug-likeness (QED) is 0.456. The molecule has 1 aromatic rings. The highest BCUT2D eigenvalue weighted by atomic mass is 14.7. The molecule has 0 spiro atoms. The molecule has 0 atom stereocenters. The number of pyridine rings is 1. The van der Waals surface area contributed by atoms with Crippen LogP contribution in [0.5, 0.6) is 0 Å². The van der Waals surface area contributed by atoms with Gasteiger partial charge in [0, 0.05) is 6.20 Å².